The number of carbonyl (C=O) groups excluding carboxylic acids is 1. The maximum Gasteiger partial charge on any atom is 0.246 e. The third-order valence-electron chi connectivity index (χ3n) is 5.83. The van der Waals surface area contributed by atoms with Crippen LogP contribution in [0.3, 0.4) is 0 Å². The molecule has 1 aliphatic carbocycles. The SMILES string of the molecule is O=C(CCCC1CCCCC1)N1CCN(S(=O)(=O)c2cc(F)ccc2F)CC1. The Balaban J connectivity index is 1.49. The fourth-order valence-corrected chi connectivity index (χ4v) is 5.67. The van der Waals surface area contributed by atoms with Crippen molar-refractivity contribution >= 4 is 15.9 Å². The second-order valence-electron chi connectivity index (χ2n) is 7.76. The molecule has 0 N–H and O–H groups in total. The number of piperazine rings is 1. The fraction of sp³-hybridized carbons (Fsp3) is 0.650. The summed E-state index contributed by atoms with van der Waals surface area (Å²) in [4.78, 5) is 13.4. The van der Waals surface area contributed by atoms with Crippen LogP contribution < -0.4 is 0 Å². The molecule has 0 spiro atoms. The minimum absolute atomic E-state index is 0.0461. The van der Waals surface area contributed by atoms with E-state index in [0.29, 0.717) is 12.5 Å². The Kier molecular flexibility index (Phi) is 7.04. The Morgan fingerprint density at radius 1 is 1.04 bits per heavy atom. The quantitative estimate of drug-likeness (QED) is 0.715. The topological polar surface area (TPSA) is 57.7 Å². The Hall–Kier alpha value is -1.54. The average molecular weight is 415 g/mol. The minimum atomic E-state index is -4.12. The summed E-state index contributed by atoms with van der Waals surface area (Å²) in [5.74, 6) is -0.983. The summed E-state index contributed by atoms with van der Waals surface area (Å²) in [6.07, 6.45) is 8.88. The van der Waals surface area contributed by atoms with Crippen molar-refractivity contribution in [2.75, 3.05) is 26.2 Å². The van der Waals surface area contributed by atoms with Crippen LogP contribution in [0.15, 0.2) is 23.1 Å². The molecule has 8 heteroatoms. The highest BCUT2D eigenvalue weighted by molar-refractivity contribution is 7.89. The monoisotopic (exact) mass is 414 g/mol. The Bertz CT molecular complexity index is 787. The second kappa shape index (κ2) is 9.31. The summed E-state index contributed by atoms with van der Waals surface area (Å²) < 4.78 is 53.6. The lowest BCUT2D eigenvalue weighted by Gasteiger charge is -2.34. The molecule has 2 fully saturated rings. The zero-order valence-electron chi connectivity index (χ0n) is 16.1. The molecule has 3 rings (SSSR count). The van der Waals surface area contributed by atoms with Crippen molar-refractivity contribution in [2.45, 2.75) is 56.3 Å². The molecular formula is C20H28F2N2O3S. The van der Waals surface area contributed by atoms with Gasteiger partial charge in [-0.1, -0.05) is 32.1 Å². The first-order chi connectivity index (χ1) is 13.4. The van der Waals surface area contributed by atoms with Crippen molar-refractivity contribution in [1.29, 1.82) is 0 Å². The van der Waals surface area contributed by atoms with E-state index in [1.165, 1.54) is 32.1 Å². The van der Waals surface area contributed by atoms with E-state index >= 15 is 0 Å². The van der Waals surface area contributed by atoms with E-state index in [1.54, 1.807) is 4.90 Å². The molecule has 156 valence electrons. The van der Waals surface area contributed by atoms with E-state index in [-0.39, 0.29) is 32.1 Å². The van der Waals surface area contributed by atoms with Gasteiger partial charge in [0.1, 0.15) is 16.5 Å². The number of hydrogen-bond acceptors (Lipinski definition) is 3. The molecule has 5 nitrogen and oxygen atoms in total. The van der Waals surface area contributed by atoms with Gasteiger partial charge in [0.25, 0.3) is 0 Å². The van der Waals surface area contributed by atoms with Crippen molar-refractivity contribution < 1.29 is 22.0 Å². The van der Waals surface area contributed by atoms with Crippen LogP contribution in [-0.4, -0.2) is 49.7 Å². The Morgan fingerprint density at radius 3 is 2.39 bits per heavy atom. The van der Waals surface area contributed by atoms with E-state index in [2.05, 4.69) is 0 Å². The first-order valence-electron chi connectivity index (χ1n) is 10.1. The zero-order valence-corrected chi connectivity index (χ0v) is 16.9. The van der Waals surface area contributed by atoms with E-state index < -0.39 is 26.6 Å². The van der Waals surface area contributed by atoms with Gasteiger partial charge in [-0.15, -0.1) is 0 Å². The highest BCUT2D eigenvalue weighted by Gasteiger charge is 2.32. The maximum atomic E-state index is 13.9. The lowest BCUT2D eigenvalue weighted by Crippen LogP contribution is -2.50. The molecule has 1 aromatic rings. The zero-order chi connectivity index (χ0) is 20.1. The fourth-order valence-electron chi connectivity index (χ4n) is 4.17. The van der Waals surface area contributed by atoms with Gasteiger partial charge in [0, 0.05) is 32.6 Å². The first-order valence-corrected chi connectivity index (χ1v) is 11.5. The standard InChI is InChI=1S/C20H28F2N2O3S/c21-17-9-10-18(22)19(15-17)28(26,27)24-13-11-23(12-14-24)20(25)8-4-7-16-5-2-1-3-6-16/h9-10,15-16H,1-8,11-14H2. The summed E-state index contributed by atoms with van der Waals surface area (Å²) in [6, 6.07) is 2.40. The molecule has 0 unspecified atom stereocenters. The predicted molar refractivity (Wildman–Crippen MR) is 102 cm³/mol. The van der Waals surface area contributed by atoms with Crippen LogP contribution in [-0.2, 0) is 14.8 Å². The number of halogens is 2. The summed E-state index contributed by atoms with van der Waals surface area (Å²) in [7, 11) is -4.12. The molecule has 0 aromatic heterocycles. The van der Waals surface area contributed by atoms with Crippen molar-refractivity contribution in [2.24, 2.45) is 5.92 Å². The molecule has 1 saturated heterocycles. The third kappa shape index (κ3) is 5.08. The number of nitrogens with zero attached hydrogens (tertiary/aromatic N) is 2. The predicted octanol–water partition coefficient (Wildman–Crippen LogP) is 3.55. The van der Waals surface area contributed by atoms with Crippen LogP contribution in [0.5, 0.6) is 0 Å². The molecule has 0 radical (unpaired) electrons. The summed E-state index contributed by atoms with van der Waals surface area (Å²) in [5, 5.41) is 0. The molecule has 0 atom stereocenters. The number of sulfonamides is 1. The minimum Gasteiger partial charge on any atom is -0.340 e. The Labute approximate surface area is 165 Å². The first kappa shape index (κ1) is 21.2. The lowest BCUT2D eigenvalue weighted by molar-refractivity contribution is -0.132. The highest BCUT2D eigenvalue weighted by atomic mass is 32.2. The van der Waals surface area contributed by atoms with Crippen LogP contribution in [0, 0.1) is 17.6 Å². The van der Waals surface area contributed by atoms with Crippen LogP contribution in [0.25, 0.3) is 0 Å². The van der Waals surface area contributed by atoms with E-state index in [9.17, 15) is 22.0 Å². The number of carbonyl (C=O) groups is 1. The van der Waals surface area contributed by atoms with Gasteiger partial charge in [-0.3, -0.25) is 4.79 Å². The molecule has 1 heterocycles. The van der Waals surface area contributed by atoms with Gasteiger partial charge in [-0.05, 0) is 37.0 Å². The number of amides is 1. The lowest BCUT2D eigenvalue weighted by atomic mass is 9.86. The Morgan fingerprint density at radius 2 is 1.71 bits per heavy atom. The number of hydrogen-bond donors (Lipinski definition) is 0. The van der Waals surface area contributed by atoms with Crippen LogP contribution in [0.4, 0.5) is 8.78 Å². The van der Waals surface area contributed by atoms with Gasteiger partial charge in [0.05, 0.1) is 0 Å². The maximum absolute atomic E-state index is 13.9. The molecule has 0 bridgehead atoms. The van der Waals surface area contributed by atoms with Gasteiger partial charge < -0.3 is 4.90 Å². The smallest absolute Gasteiger partial charge is 0.246 e. The second-order valence-corrected chi connectivity index (χ2v) is 9.66. The molecule has 1 amide bonds. The highest BCUT2D eigenvalue weighted by Crippen LogP contribution is 2.28. The molecule has 1 aliphatic heterocycles. The molecule has 28 heavy (non-hydrogen) atoms. The summed E-state index contributed by atoms with van der Waals surface area (Å²) in [6.45, 7) is 0.732. The van der Waals surface area contributed by atoms with Crippen LogP contribution >= 0.6 is 0 Å². The van der Waals surface area contributed by atoms with Gasteiger partial charge in [-0.2, -0.15) is 4.31 Å². The normalized spacial score (nSPS) is 19.7. The summed E-state index contributed by atoms with van der Waals surface area (Å²) >= 11 is 0. The third-order valence-corrected chi connectivity index (χ3v) is 7.74. The van der Waals surface area contributed by atoms with E-state index in [1.807, 2.05) is 0 Å². The van der Waals surface area contributed by atoms with Crippen molar-refractivity contribution in [1.82, 2.24) is 9.21 Å². The number of benzene rings is 1. The van der Waals surface area contributed by atoms with Gasteiger partial charge in [-0.25, -0.2) is 17.2 Å². The van der Waals surface area contributed by atoms with Gasteiger partial charge in [0.15, 0.2) is 0 Å². The number of rotatable bonds is 6. The average Bonchev–Trinajstić information content (AvgIpc) is 2.70. The van der Waals surface area contributed by atoms with E-state index in [0.717, 1.165) is 35.2 Å². The van der Waals surface area contributed by atoms with Crippen molar-refractivity contribution in [3.63, 3.8) is 0 Å². The largest absolute Gasteiger partial charge is 0.340 e. The van der Waals surface area contributed by atoms with Gasteiger partial charge in [0.2, 0.25) is 15.9 Å². The van der Waals surface area contributed by atoms with Crippen molar-refractivity contribution in [3.05, 3.63) is 29.8 Å². The summed E-state index contributed by atoms with van der Waals surface area (Å²) in [5.41, 5.74) is 0. The van der Waals surface area contributed by atoms with Crippen molar-refractivity contribution in [3.8, 4) is 0 Å². The van der Waals surface area contributed by atoms with E-state index in [4.69, 9.17) is 0 Å². The molecule has 1 saturated carbocycles. The van der Waals surface area contributed by atoms with Crippen LogP contribution in [0.2, 0.25) is 0 Å². The van der Waals surface area contributed by atoms with Gasteiger partial charge >= 0.3 is 0 Å². The molecule has 1 aromatic carbocycles. The molecule has 2 aliphatic rings. The molecular weight excluding hydrogens is 386 g/mol. The van der Waals surface area contributed by atoms with Crippen LogP contribution in [0.1, 0.15) is 51.4 Å².